The number of fused-ring (bicyclic) bond motifs is 1. The van der Waals surface area contributed by atoms with Crippen molar-refractivity contribution in [3.8, 4) is 17.4 Å². The highest BCUT2D eigenvalue weighted by Gasteiger charge is 2.16. The van der Waals surface area contributed by atoms with Gasteiger partial charge in [-0.3, -0.25) is 0 Å². The van der Waals surface area contributed by atoms with Gasteiger partial charge in [0.1, 0.15) is 11.5 Å². The van der Waals surface area contributed by atoms with Gasteiger partial charge in [0.05, 0.1) is 16.5 Å². The number of ether oxygens (including phenoxy) is 1. The third-order valence-corrected chi connectivity index (χ3v) is 4.87. The molecule has 1 heterocycles. The molecule has 0 saturated carbocycles. The summed E-state index contributed by atoms with van der Waals surface area (Å²) >= 11 is 6.23. The van der Waals surface area contributed by atoms with Crippen LogP contribution in [0.25, 0.3) is 10.8 Å². The molecule has 0 aliphatic heterocycles. The molecule has 4 rings (SSSR count). The monoisotopic (exact) mass is 363 g/mol. The molecule has 3 aromatic carbocycles. The van der Waals surface area contributed by atoms with E-state index in [1.165, 1.54) is 0 Å². The molecule has 0 aliphatic rings. The van der Waals surface area contributed by atoms with E-state index in [4.69, 9.17) is 16.3 Å². The van der Waals surface area contributed by atoms with Gasteiger partial charge >= 0.3 is 0 Å². The Hall–Kier alpha value is -2.91. The smallest absolute Gasteiger partial charge is 0.201 e. The number of hydrogen-bond acceptors (Lipinski definition) is 2. The number of halogens is 1. The molecule has 1 N–H and O–H groups in total. The Morgan fingerprint density at radius 2 is 1.58 bits per heavy atom. The van der Waals surface area contributed by atoms with E-state index in [-0.39, 0.29) is 11.9 Å². The maximum Gasteiger partial charge on any atom is 0.201 e. The van der Waals surface area contributed by atoms with Crippen LogP contribution in [0.15, 0.2) is 79.0 Å². The van der Waals surface area contributed by atoms with Crippen molar-refractivity contribution in [2.75, 3.05) is 0 Å². The first-order valence-electron chi connectivity index (χ1n) is 8.44. The number of hydrogen-bond donors (Lipinski definition) is 1. The maximum atomic E-state index is 10.6. The summed E-state index contributed by atoms with van der Waals surface area (Å²) in [5.41, 5.74) is 1.07. The summed E-state index contributed by atoms with van der Waals surface area (Å²) in [4.78, 5) is 0. The van der Waals surface area contributed by atoms with Crippen molar-refractivity contribution in [3.05, 3.63) is 89.6 Å². The van der Waals surface area contributed by atoms with Crippen LogP contribution >= 0.6 is 11.6 Å². The van der Waals surface area contributed by atoms with Gasteiger partial charge < -0.3 is 14.4 Å². The molecule has 0 saturated heterocycles. The van der Waals surface area contributed by atoms with E-state index < -0.39 is 0 Å². The van der Waals surface area contributed by atoms with E-state index in [9.17, 15) is 5.11 Å². The fourth-order valence-corrected chi connectivity index (χ4v) is 3.39. The van der Waals surface area contributed by atoms with Crippen molar-refractivity contribution < 1.29 is 9.84 Å². The van der Waals surface area contributed by atoms with Gasteiger partial charge in [0.15, 0.2) is 0 Å². The van der Waals surface area contributed by atoms with Crippen LogP contribution in [0.5, 0.6) is 17.4 Å². The minimum absolute atomic E-state index is 0.0377. The van der Waals surface area contributed by atoms with E-state index in [0.29, 0.717) is 10.4 Å². The average molecular weight is 364 g/mol. The first-order chi connectivity index (χ1) is 12.6. The van der Waals surface area contributed by atoms with Gasteiger partial charge in [0.2, 0.25) is 5.88 Å². The molecule has 3 nitrogen and oxygen atoms in total. The van der Waals surface area contributed by atoms with Crippen molar-refractivity contribution >= 4 is 22.4 Å². The minimum atomic E-state index is -0.0377. The summed E-state index contributed by atoms with van der Waals surface area (Å²) in [5.74, 6) is 1.76. The molecule has 4 aromatic rings. The van der Waals surface area contributed by atoms with Gasteiger partial charge in [0, 0.05) is 11.6 Å². The Morgan fingerprint density at radius 1 is 0.885 bits per heavy atom. The Morgan fingerprint density at radius 3 is 2.27 bits per heavy atom. The molecule has 1 aromatic heterocycles. The summed E-state index contributed by atoms with van der Waals surface area (Å²) in [6.45, 7) is 2.04. The van der Waals surface area contributed by atoms with Crippen LogP contribution < -0.4 is 4.74 Å². The molecule has 0 bridgehead atoms. The van der Waals surface area contributed by atoms with Gasteiger partial charge in [-0.05, 0) is 42.8 Å². The lowest BCUT2D eigenvalue weighted by molar-refractivity contribution is 0.412. The van der Waals surface area contributed by atoms with Gasteiger partial charge in [0.25, 0.3) is 0 Å². The number of benzene rings is 3. The zero-order chi connectivity index (χ0) is 18.1. The van der Waals surface area contributed by atoms with Crippen LogP contribution in [0.4, 0.5) is 0 Å². The molecule has 0 radical (unpaired) electrons. The zero-order valence-electron chi connectivity index (χ0n) is 14.3. The number of rotatable bonds is 4. The maximum absolute atomic E-state index is 10.6. The summed E-state index contributed by atoms with van der Waals surface area (Å²) < 4.78 is 7.67. The largest absolute Gasteiger partial charge is 0.494 e. The molecular formula is C22H18ClNO2. The normalized spacial score (nSPS) is 12.2. The molecule has 26 heavy (non-hydrogen) atoms. The second kappa shape index (κ2) is 6.77. The van der Waals surface area contributed by atoms with Gasteiger partial charge in [-0.2, -0.15) is 0 Å². The zero-order valence-corrected chi connectivity index (χ0v) is 15.0. The van der Waals surface area contributed by atoms with Gasteiger partial charge in [-0.1, -0.05) is 54.1 Å². The van der Waals surface area contributed by atoms with Crippen LogP contribution in [0.1, 0.15) is 18.5 Å². The molecule has 0 spiro atoms. The second-order valence-corrected chi connectivity index (χ2v) is 6.63. The highest BCUT2D eigenvalue weighted by molar-refractivity contribution is 6.36. The number of para-hydroxylation sites is 1. The number of aromatic nitrogens is 1. The summed E-state index contributed by atoms with van der Waals surface area (Å²) in [6, 6.07) is 23.1. The first kappa shape index (κ1) is 16.6. The van der Waals surface area contributed by atoms with Crippen molar-refractivity contribution in [2.45, 2.75) is 13.0 Å². The lowest BCUT2D eigenvalue weighted by atomic mass is 10.1. The van der Waals surface area contributed by atoms with Crippen LogP contribution in [0.2, 0.25) is 5.02 Å². The Balaban J connectivity index is 1.62. The fraction of sp³-hybridized carbons (Fsp3) is 0.0909. The van der Waals surface area contributed by atoms with Crippen molar-refractivity contribution in [1.82, 2.24) is 4.57 Å². The number of aromatic hydroxyl groups is 1. The van der Waals surface area contributed by atoms with Gasteiger partial charge in [-0.15, -0.1) is 0 Å². The summed E-state index contributed by atoms with van der Waals surface area (Å²) in [5, 5.41) is 12.8. The molecule has 0 amide bonds. The Kier molecular flexibility index (Phi) is 4.31. The van der Waals surface area contributed by atoms with Crippen LogP contribution in [-0.4, -0.2) is 9.67 Å². The fourth-order valence-electron chi connectivity index (χ4n) is 3.12. The molecule has 1 atom stereocenters. The van der Waals surface area contributed by atoms with E-state index in [0.717, 1.165) is 22.4 Å². The van der Waals surface area contributed by atoms with E-state index in [1.54, 1.807) is 6.07 Å². The highest BCUT2D eigenvalue weighted by atomic mass is 35.5. The first-order valence-corrected chi connectivity index (χ1v) is 8.82. The molecule has 130 valence electrons. The van der Waals surface area contributed by atoms with Gasteiger partial charge in [-0.25, -0.2) is 0 Å². The predicted molar refractivity (Wildman–Crippen MR) is 105 cm³/mol. The Bertz CT molecular complexity index is 1040. The Labute approximate surface area is 157 Å². The third kappa shape index (κ3) is 3.02. The average Bonchev–Trinajstić information content (AvgIpc) is 3.01. The molecular weight excluding hydrogens is 346 g/mol. The molecule has 0 aliphatic carbocycles. The van der Waals surface area contributed by atoms with E-state index >= 15 is 0 Å². The summed E-state index contributed by atoms with van der Waals surface area (Å²) in [7, 11) is 0. The highest BCUT2D eigenvalue weighted by Crippen LogP contribution is 2.37. The van der Waals surface area contributed by atoms with Crippen LogP contribution in [0.3, 0.4) is 0 Å². The van der Waals surface area contributed by atoms with Crippen LogP contribution in [-0.2, 0) is 0 Å². The van der Waals surface area contributed by atoms with Crippen molar-refractivity contribution in [3.63, 3.8) is 0 Å². The molecule has 4 heteroatoms. The van der Waals surface area contributed by atoms with Crippen molar-refractivity contribution in [2.24, 2.45) is 0 Å². The van der Waals surface area contributed by atoms with Crippen molar-refractivity contribution in [1.29, 1.82) is 0 Å². The third-order valence-electron chi connectivity index (χ3n) is 4.55. The topological polar surface area (TPSA) is 34.4 Å². The second-order valence-electron chi connectivity index (χ2n) is 6.22. The van der Waals surface area contributed by atoms with E-state index in [1.807, 2.05) is 84.4 Å². The minimum Gasteiger partial charge on any atom is -0.494 e. The molecule has 1 unspecified atom stereocenters. The lowest BCUT2D eigenvalue weighted by Gasteiger charge is -2.16. The quantitative estimate of drug-likeness (QED) is 0.455. The lowest BCUT2D eigenvalue weighted by Crippen LogP contribution is -2.04. The summed E-state index contributed by atoms with van der Waals surface area (Å²) in [6.07, 6.45) is 1.93. The van der Waals surface area contributed by atoms with E-state index in [2.05, 4.69) is 0 Å². The SMILES string of the molecule is CC(c1ccc(Oc2ccccc2)cc1)n1cc2cccc(Cl)c2c1O. The molecule has 0 fully saturated rings. The predicted octanol–water partition coefficient (Wildman–Crippen LogP) is 6.40. The van der Waals surface area contributed by atoms with Crippen LogP contribution in [0, 0.1) is 0 Å². The standard InChI is InChI=1S/C22H18ClNO2/c1-15(24-14-17-6-5-9-20(23)21(17)22(24)25)16-10-12-19(13-11-16)26-18-7-3-2-4-8-18/h2-15,25H,1H3. The number of nitrogens with zero attached hydrogens (tertiary/aromatic N) is 1.